The van der Waals surface area contributed by atoms with Gasteiger partial charge in [-0.2, -0.15) is 4.98 Å². The van der Waals surface area contributed by atoms with Crippen LogP contribution in [0.2, 0.25) is 0 Å². The maximum absolute atomic E-state index is 5.18. The van der Waals surface area contributed by atoms with E-state index < -0.39 is 0 Å². The Morgan fingerprint density at radius 3 is 2.88 bits per heavy atom. The summed E-state index contributed by atoms with van der Waals surface area (Å²) < 4.78 is 10.3. The number of ether oxygens (including phenoxy) is 1. The van der Waals surface area contributed by atoms with Gasteiger partial charge in [0, 0.05) is 4.90 Å². The minimum Gasteiger partial charge on any atom is -0.497 e. The number of methoxy groups -OCH3 is 1. The molecule has 0 unspecified atom stereocenters. The molecule has 1 aromatic heterocycles. The minimum atomic E-state index is 0.128. The number of hydrogen-bond acceptors (Lipinski definition) is 5. The van der Waals surface area contributed by atoms with E-state index >= 15 is 0 Å². The average molecular weight is 250 g/mol. The topological polar surface area (TPSA) is 48.2 Å². The summed E-state index contributed by atoms with van der Waals surface area (Å²) >= 11 is 1.66. The van der Waals surface area contributed by atoms with Crippen molar-refractivity contribution in [2.75, 3.05) is 7.11 Å². The smallest absolute Gasteiger partial charge is 0.239 e. The van der Waals surface area contributed by atoms with Gasteiger partial charge in [0.15, 0.2) is 5.82 Å². The Hall–Kier alpha value is -1.49. The van der Waals surface area contributed by atoms with Crippen LogP contribution in [0, 0.1) is 6.92 Å². The fraction of sp³-hybridized carbons (Fsp3) is 0.333. The molecule has 0 fully saturated rings. The van der Waals surface area contributed by atoms with Gasteiger partial charge in [0.1, 0.15) is 5.75 Å². The monoisotopic (exact) mass is 250 g/mol. The van der Waals surface area contributed by atoms with Crippen LogP contribution in [-0.4, -0.2) is 17.3 Å². The molecule has 0 radical (unpaired) electrons. The largest absolute Gasteiger partial charge is 0.497 e. The van der Waals surface area contributed by atoms with Gasteiger partial charge in [0.25, 0.3) is 0 Å². The molecule has 0 spiro atoms. The van der Waals surface area contributed by atoms with E-state index in [0.717, 1.165) is 10.6 Å². The molecule has 0 aliphatic heterocycles. The van der Waals surface area contributed by atoms with Crippen LogP contribution in [0.3, 0.4) is 0 Å². The standard InChI is InChI=1S/C12H14N2O2S/c1-8(12-13-9(2)14-16-12)17-11-6-4-5-10(7-11)15-3/h4-8H,1-3H3/t8-/m1/s1. The molecule has 0 saturated heterocycles. The van der Waals surface area contributed by atoms with Crippen molar-refractivity contribution in [3.05, 3.63) is 36.0 Å². The van der Waals surface area contributed by atoms with Gasteiger partial charge in [-0.05, 0) is 32.0 Å². The summed E-state index contributed by atoms with van der Waals surface area (Å²) in [5, 5.41) is 3.92. The van der Waals surface area contributed by atoms with Gasteiger partial charge >= 0.3 is 0 Å². The second-order valence-corrected chi connectivity index (χ2v) is 5.03. The lowest BCUT2D eigenvalue weighted by molar-refractivity contribution is 0.376. The van der Waals surface area contributed by atoms with E-state index in [2.05, 4.69) is 10.1 Å². The SMILES string of the molecule is COc1cccc(S[C@H](C)c2nc(C)no2)c1. The highest BCUT2D eigenvalue weighted by atomic mass is 32.2. The van der Waals surface area contributed by atoms with Gasteiger partial charge < -0.3 is 9.26 Å². The third-order valence-electron chi connectivity index (χ3n) is 2.25. The Kier molecular flexibility index (Phi) is 3.68. The highest BCUT2D eigenvalue weighted by molar-refractivity contribution is 7.99. The van der Waals surface area contributed by atoms with Crippen LogP contribution in [0.25, 0.3) is 0 Å². The number of benzene rings is 1. The van der Waals surface area contributed by atoms with Crippen molar-refractivity contribution in [1.29, 1.82) is 0 Å². The van der Waals surface area contributed by atoms with Crippen LogP contribution in [0.4, 0.5) is 0 Å². The molecule has 2 aromatic rings. The first kappa shape index (κ1) is 12.0. The lowest BCUT2D eigenvalue weighted by Crippen LogP contribution is -1.89. The first-order chi connectivity index (χ1) is 8.19. The van der Waals surface area contributed by atoms with Gasteiger partial charge in [-0.25, -0.2) is 0 Å². The van der Waals surface area contributed by atoms with Crippen molar-refractivity contribution in [3.63, 3.8) is 0 Å². The van der Waals surface area contributed by atoms with Crippen LogP contribution in [0.5, 0.6) is 5.75 Å². The van der Waals surface area contributed by atoms with E-state index in [0.29, 0.717) is 11.7 Å². The normalized spacial score (nSPS) is 12.4. The number of nitrogens with zero attached hydrogens (tertiary/aromatic N) is 2. The fourth-order valence-corrected chi connectivity index (χ4v) is 2.35. The summed E-state index contributed by atoms with van der Waals surface area (Å²) in [6.07, 6.45) is 0. The van der Waals surface area contributed by atoms with Crippen molar-refractivity contribution in [2.45, 2.75) is 24.0 Å². The first-order valence-electron chi connectivity index (χ1n) is 5.30. The Morgan fingerprint density at radius 2 is 2.24 bits per heavy atom. The summed E-state index contributed by atoms with van der Waals surface area (Å²) in [4.78, 5) is 5.34. The maximum Gasteiger partial charge on any atom is 0.239 e. The number of rotatable bonds is 4. The molecule has 0 bridgehead atoms. The molecular formula is C12H14N2O2S. The average Bonchev–Trinajstić information content (AvgIpc) is 2.76. The Labute approximate surface area is 104 Å². The Morgan fingerprint density at radius 1 is 1.41 bits per heavy atom. The Bertz CT molecular complexity index is 499. The van der Waals surface area contributed by atoms with Crippen molar-refractivity contribution in [2.24, 2.45) is 0 Å². The highest BCUT2D eigenvalue weighted by Crippen LogP contribution is 2.35. The van der Waals surface area contributed by atoms with E-state index in [1.165, 1.54) is 0 Å². The van der Waals surface area contributed by atoms with E-state index in [4.69, 9.17) is 9.26 Å². The lowest BCUT2D eigenvalue weighted by atomic mass is 10.3. The van der Waals surface area contributed by atoms with Crippen LogP contribution in [-0.2, 0) is 0 Å². The predicted octanol–water partition coefficient (Wildman–Crippen LogP) is 3.24. The van der Waals surface area contributed by atoms with E-state index in [9.17, 15) is 0 Å². The van der Waals surface area contributed by atoms with Gasteiger partial charge in [0.2, 0.25) is 5.89 Å². The van der Waals surface area contributed by atoms with Crippen molar-refractivity contribution in [3.8, 4) is 5.75 Å². The number of thioether (sulfide) groups is 1. The van der Waals surface area contributed by atoms with E-state index in [1.807, 2.05) is 38.1 Å². The second-order valence-electron chi connectivity index (χ2n) is 3.62. The number of aromatic nitrogens is 2. The molecule has 1 heterocycles. The summed E-state index contributed by atoms with van der Waals surface area (Å²) in [7, 11) is 1.66. The maximum atomic E-state index is 5.18. The summed E-state index contributed by atoms with van der Waals surface area (Å²) in [5.41, 5.74) is 0. The van der Waals surface area contributed by atoms with Crippen LogP contribution >= 0.6 is 11.8 Å². The molecule has 0 N–H and O–H groups in total. The summed E-state index contributed by atoms with van der Waals surface area (Å²) in [6.45, 7) is 3.85. The molecule has 1 aromatic carbocycles. The zero-order chi connectivity index (χ0) is 12.3. The zero-order valence-electron chi connectivity index (χ0n) is 10.0. The van der Waals surface area contributed by atoms with Gasteiger partial charge in [-0.15, -0.1) is 11.8 Å². The van der Waals surface area contributed by atoms with E-state index in [1.54, 1.807) is 18.9 Å². The molecule has 90 valence electrons. The van der Waals surface area contributed by atoms with Gasteiger partial charge in [-0.1, -0.05) is 11.2 Å². The number of aryl methyl sites for hydroxylation is 1. The lowest BCUT2D eigenvalue weighted by Gasteiger charge is -2.07. The minimum absolute atomic E-state index is 0.128. The highest BCUT2D eigenvalue weighted by Gasteiger charge is 2.14. The summed E-state index contributed by atoms with van der Waals surface area (Å²) in [5.74, 6) is 2.16. The van der Waals surface area contributed by atoms with Gasteiger partial charge in [-0.3, -0.25) is 0 Å². The van der Waals surface area contributed by atoms with Crippen LogP contribution < -0.4 is 4.74 Å². The zero-order valence-corrected chi connectivity index (χ0v) is 10.8. The quantitative estimate of drug-likeness (QED) is 0.780. The van der Waals surface area contributed by atoms with E-state index in [-0.39, 0.29) is 5.25 Å². The molecule has 0 aliphatic rings. The number of hydrogen-bond donors (Lipinski definition) is 0. The van der Waals surface area contributed by atoms with Crippen LogP contribution in [0.15, 0.2) is 33.7 Å². The molecule has 0 aliphatic carbocycles. The fourth-order valence-electron chi connectivity index (χ4n) is 1.41. The molecule has 4 nitrogen and oxygen atoms in total. The van der Waals surface area contributed by atoms with Crippen molar-refractivity contribution >= 4 is 11.8 Å². The van der Waals surface area contributed by atoms with Crippen molar-refractivity contribution < 1.29 is 9.26 Å². The molecule has 1 atom stereocenters. The molecule has 5 heteroatoms. The van der Waals surface area contributed by atoms with Crippen molar-refractivity contribution in [1.82, 2.24) is 10.1 Å². The third-order valence-corrected chi connectivity index (χ3v) is 3.33. The molecular weight excluding hydrogens is 236 g/mol. The molecule has 0 saturated carbocycles. The first-order valence-corrected chi connectivity index (χ1v) is 6.18. The van der Waals surface area contributed by atoms with Crippen LogP contribution in [0.1, 0.15) is 23.9 Å². The molecule has 17 heavy (non-hydrogen) atoms. The predicted molar refractivity (Wildman–Crippen MR) is 66.3 cm³/mol. The molecule has 2 rings (SSSR count). The van der Waals surface area contributed by atoms with Gasteiger partial charge in [0.05, 0.1) is 12.4 Å². The molecule has 0 amide bonds. The third kappa shape index (κ3) is 3.00. The second kappa shape index (κ2) is 5.23. The summed E-state index contributed by atoms with van der Waals surface area (Å²) in [6, 6.07) is 7.91. The Balaban J connectivity index is 2.09.